The predicted molar refractivity (Wildman–Crippen MR) is 68.5 cm³/mol. The predicted octanol–water partition coefficient (Wildman–Crippen LogP) is 1.50. The van der Waals surface area contributed by atoms with E-state index in [0.717, 1.165) is 23.8 Å². The lowest BCUT2D eigenvalue weighted by Crippen LogP contribution is -2.06. The van der Waals surface area contributed by atoms with Gasteiger partial charge in [0.25, 0.3) is 0 Å². The van der Waals surface area contributed by atoms with Crippen molar-refractivity contribution in [2.75, 3.05) is 24.2 Å². The van der Waals surface area contributed by atoms with Gasteiger partial charge in [-0.1, -0.05) is 0 Å². The highest BCUT2D eigenvalue weighted by molar-refractivity contribution is 7.11. The van der Waals surface area contributed by atoms with Crippen molar-refractivity contribution < 1.29 is 4.74 Å². The molecule has 2 rings (SSSR count). The van der Waals surface area contributed by atoms with Crippen LogP contribution in [-0.4, -0.2) is 27.5 Å². The first-order valence-corrected chi connectivity index (χ1v) is 6.18. The van der Waals surface area contributed by atoms with Crippen molar-refractivity contribution in [1.29, 1.82) is 0 Å². The second-order valence-electron chi connectivity index (χ2n) is 3.37. The van der Waals surface area contributed by atoms with Crippen LogP contribution >= 0.6 is 11.5 Å². The Hall–Kier alpha value is -1.76. The zero-order valence-electron chi connectivity index (χ0n) is 9.56. The summed E-state index contributed by atoms with van der Waals surface area (Å²) in [5.74, 6) is 2.04. The van der Waals surface area contributed by atoms with E-state index >= 15 is 0 Å². The van der Waals surface area contributed by atoms with Crippen molar-refractivity contribution in [3.8, 4) is 5.75 Å². The zero-order chi connectivity index (χ0) is 12.1. The molecule has 17 heavy (non-hydrogen) atoms. The van der Waals surface area contributed by atoms with Gasteiger partial charge in [-0.25, -0.2) is 4.98 Å². The molecule has 2 aromatic heterocycles. The summed E-state index contributed by atoms with van der Waals surface area (Å²) in [7, 11) is 0. The monoisotopic (exact) mass is 253 g/mol. The van der Waals surface area contributed by atoms with Gasteiger partial charge in [0.1, 0.15) is 5.82 Å². The van der Waals surface area contributed by atoms with E-state index in [4.69, 9.17) is 10.5 Å². The molecular weight excluding hydrogens is 238 g/mol. The SMILES string of the molecule is CCOc1c(N)nsc1NCCc1ncc[nH]1. The van der Waals surface area contributed by atoms with Crippen LogP contribution in [0.25, 0.3) is 0 Å². The summed E-state index contributed by atoms with van der Waals surface area (Å²) in [6.07, 6.45) is 4.37. The highest BCUT2D eigenvalue weighted by atomic mass is 32.1. The Balaban J connectivity index is 1.90. The van der Waals surface area contributed by atoms with E-state index in [1.807, 2.05) is 13.1 Å². The van der Waals surface area contributed by atoms with E-state index < -0.39 is 0 Å². The number of hydrogen-bond acceptors (Lipinski definition) is 6. The molecule has 6 nitrogen and oxygen atoms in total. The van der Waals surface area contributed by atoms with E-state index in [9.17, 15) is 0 Å². The Bertz CT molecular complexity index is 453. The summed E-state index contributed by atoms with van der Waals surface area (Å²) < 4.78 is 9.49. The number of hydrogen-bond donors (Lipinski definition) is 3. The maximum absolute atomic E-state index is 5.71. The number of anilines is 2. The molecule has 0 bridgehead atoms. The van der Waals surface area contributed by atoms with Crippen LogP contribution in [0, 0.1) is 0 Å². The Kier molecular flexibility index (Phi) is 3.81. The van der Waals surface area contributed by atoms with Gasteiger partial charge in [-0.3, -0.25) is 0 Å². The molecule has 0 aliphatic carbocycles. The smallest absolute Gasteiger partial charge is 0.197 e. The van der Waals surface area contributed by atoms with Crippen molar-refractivity contribution in [2.24, 2.45) is 0 Å². The highest BCUT2D eigenvalue weighted by Crippen LogP contribution is 2.34. The third kappa shape index (κ3) is 2.88. The molecular formula is C10H15N5OS. The van der Waals surface area contributed by atoms with Crippen LogP contribution in [0.3, 0.4) is 0 Å². The Morgan fingerprint density at radius 1 is 1.59 bits per heavy atom. The number of nitrogen functional groups attached to an aromatic ring is 1. The van der Waals surface area contributed by atoms with Gasteiger partial charge in [-0.2, -0.15) is 4.37 Å². The van der Waals surface area contributed by atoms with E-state index in [-0.39, 0.29) is 0 Å². The van der Waals surface area contributed by atoms with Gasteiger partial charge in [0.2, 0.25) is 0 Å². The number of nitrogens with two attached hydrogens (primary N) is 1. The molecule has 0 unspecified atom stereocenters. The average Bonchev–Trinajstić information content (AvgIpc) is 2.93. The summed E-state index contributed by atoms with van der Waals surface area (Å²) >= 11 is 1.31. The van der Waals surface area contributed by atoms with E-state index in [1.54, 1.807) is 6.20 Å². The second kappa shape index (κ2) is 5.53. The van der Waals surface area contributed by atoms with Gasteiger partial charge >= 0.3 is 0 Å². The van der Waals surface area contributed by atoms with E-state index in [1.165, 1.54) is 11.5 Å². The van der Waals surface area contributed by atoms with Crippen LogP contribution < -0.4 is 15.8 Å². The molecule has 0 spiro atoms. The van der Waals surface area contributed by atoms with Crippen molar-refractivity contribution >= 4 is 22.4 Å². The van der Waals surface area contributed by atoms with Crippen molar-refractivity contribution in [1.82, 2.24) is 14.3 Å². The number of aromatic amines is 1. The summed E-state index contributed by atoms with van der Waals surface area (Å²) in [5, 5.41) is 4.12. The fourth-order valence-corrected chi connectivity index (χ4v) is 2.11. The summed E-state index contributed by atoms with van der Waals surface area (Å²) in [6.45, 7) is 3.26. The fraction of sp³-hybridized carbons (Fsp3) is 0.400. The first-order valence-electron chi connectivity index (χ1n) is 5.41. The van der Waals surface area contributed by atoms with Gasteiger partial charge in [0, 0.05) is 25.4 Å². The summed E-state index contributed by atoms with van der Waals surface area (Å²) in [4.78, 5) is 7.20. The minimum absolute atomic E-state index is 0.442. The van der Waals surface area contributed by atoms with Gasteiger partial charge < -0.3 is 20.8 Å². The van der Waals surface area contributed by atoms with Gasteiger partial charge in [-0.15, -0.1) is 0 Å². The van der Waals surface area contributed by atoms with Gasteiger partial charge in [0.15, 0.2) is 16.6 Å². The van der Waals surface area contributed by atoms with Crippen LogP contribution in [0.4, 0.5) is 10.8 Å². The third-order valence-electron chi connectivity index (χ3n) is 2.17. The molecule has 0 aliphatic heterocycles. The van der Waals surface area contributed by atoms with Crippen LogP contribution in [-0.2, 0) is 6.42 Å². The number of aromatic nitrogens is 3. The van der Waals surface area contributed by atoms with Crippen molar-refractivity contribution in [3.63, 3.8) is 0 Å². The highest BCUT2D eigenvalue weighted by Gasteiger charge is 2.11. The van der Waals surface area contributed by atoms with Crippen LogP contribution in [0.5, 0.6) is 5.75 Å². The standard InChI is InChI=1S/C10H15N5OS/c1-2-16-8-9(11)15-17-10(8)14-4-3-7-12-5-6-13-7/h5-6,14H,2-4H2,1H3,(H2,11,15)(H,12,13). The molecule has 0 radical (unpaired) electrons. The maximum Gasteiger partial charge on any atom is 0.197 e. The molecule has 0 saturated heterocycles. The largest absolute Gasteiger partial charge is 0.487 e. The molecule has 0 aromatic carbocycles. The number of imidazole rings is 1. The average molecular weight is 253 g/mol. The first kappa shape index (κ1) is 11.7. The first-order chi connectivity index (χ1) is 8.31. The molecule has 4 N–H and O–H groups in total. The molecule has 92 valence electrons. The lowest BCUT2D eigenvalue weighted by molar-refractivity contribution is 0.344. The zero-order valence-corrected chi connectivity index (χ0v) is 10.4. The number of rotatable bonds is 6. The Labute approximate surface area is 103 Å². The summed E-state index contributed by atoms with van der Waals surface area (Å²) in [5.41, 5.74) is 5.71. The van der Waals surface area contributed by atoms with Crippen LogP contribution in [0.1, 0.15) is 12.7 Å². The number of H-pyrrole nitrogens is 1. The normalized spacial score (nSPS) is 10.4. The van der Waals surface area contributed by atoms with Gasteiger partial charge in [-0.05, 0) is 18.5 Å². The molecule has 0 atom stereocenters. The molecule has 0 fully saturated rings. The molecule has 2 heterocycles. The molecule has 0 amide bonds. The molecule has 7 heteroatoms. The number of nitrogens with zero attached hydrogens (tertiary/aromatic N) is 2. The second-order valence-corrected chi connectivity index (χ2v) is 4.15. The molecule has 0 aliphatic rings. The number of ether oxygens (including phenoxy) is 1. The van der Waals surface area contributed by atoms with Crippen LogP contribution in [0.15, 0.2) is 12.4 Å². The lowest BCUT2D eigenvalue weighted by atomic mass is 10.4. The Morgan fingerprint density at radius 2 is 2.47 bits per heavy atom. The topological polar surface area (TPSA) is 88.8 Å². The van der Waals surface area contributed by atoms with Gasteiger partial charge in [0.05, 0.1) is 6.61 Å². The minimum Gasteiger partial charge on any atom is -0.487 e. The quantitative estimate of drug-likeness (QED) is 0.726. The van der Waals surface area contributed by atoms with Crippen LogP contribution in [0.2, 0.25) is 0 Å². The molecule has 2 aromatic rings. The number of nitrogens with one attached hydrogen (secondary N) is 2. The van der Waals surface area contributed by atoms with Crippen molar-refractivity contribution in [2.45, 2.75) is 13.3 Å². The fourth-order valence-electron chi connectivity index (χ4n) is 1.42. The van der Waals surface area contributed by atoms with E-state index in [2.05, 4.69) is 19.7 Å². The van der Waals surface area contributed by atoms with Crippen molar-refractivity contribution in [3.05, 3.63) is 18.2 Å². The maximum atomic E-state index is 5.71. The minimum atomic E-state index is 0.442. The van der Waals surface area contributed by atoms with E-state index in [0.29, 0.717) is 18.2 Å². The lowest BCUT2D eigenvalue weighted by Gasteiger charge is -2.06. The Morgan fingerprint density at radius 3 is 3.18 bits per heavy atom. The third-order valence-corrected chi connectivity index (χ3v) is 2.97. The summed E-state index contributed by atoms with van der Waals surface area (Å²) in [6, 6.07) is 0. The molecule has 0 saturated carbocycles.